The summed E-state index contributed by atoms with van der Waals surface area (Å²) in [6.45, 7) is 0.312. The van der Waals surface area contributed by atoms with Gasteiger partial charge >= 0.3 is 0 Å². The lowest BCUT2D eigenvalue weighted by Gasteiger charge is -2.03. The lowest BCUT2D eigenvalue weighted by atomic mass is 10.1. The zero-order chi connectivity index (χ0) is 13.5. The minimum atomic E-state index is -0.170. The quantitative estimate of drug-likeness (QED) is 0.831. The first-order valence-corrected chi connectivity index (χ1v) is 6.53. The van der Waals surface area contributed by atoms with Gasteiger partial charge in [0.25, 0.3) is 5.91 Å². The van der Waals surface area contributed by atoms with E-state index >= 15 is 0 Å². The smallest absolute Gasteiger partial charge is 0.251 e. The van der Waals surface area contributed by atoms with E-state index in [1.165, 1.54) is 11.3 Å². The van der Waals surface area contributed by atoms with Crippen molar-refractivity contribution >= 4 is 17.2 Å². The average Bonchev–Trinajstić information content (AvgIpc) is 2.96. The van der Waals surface area contributed by atoms with Gasteiger partial charge in [-0.2, -0.15) is 0 Å². The number of aliphatic hydroxyl groups excluding tert-OH is 1. The van der Waals surface area contributed by atoms with Gasteiger partial charge in [-0.3, -0.25) is 9.78 Å². The fourth-order valence-electron chi connectivity index (χ4n) is 1.45. The first-order valence-electron chi connectivity index (χ1n) is 5.65. The maximum atomic E-state index is 11.9. The molecule has 0 atom stereocenters. The number of rotatable bonds is 3. The van der Waals surface area contributed by atoms with Crippen LogP contribution in [0, 0.1) is 11.8 Å². The van der Waals surface area contributed by atoms with Gasteiger partial charge in [0.2, 0.25) is 0 Å². The molecule has 0 saturated carbocycles. The highest BCUT2D eigenvalue weighted by Gasteiger charge is 2.05. The molecule has 5 heteroatoms. The van der Waals surface area contributed by atoms with Crippen molar-refractivity contribution in [1.82, 2.24) is 10.3 Å². The van der Waals surface area contributed by atoms with Crippen molar-refractivity contribution < 1.29 is 9.90 Å². The SMILES string of the molecule is O=C(NCc1cncs1)c1ccc(C#CCO)cc1. The Morgan fingerprint density at radius 3 is 2.79 bits per heavy atom. The fraction of sp³-hybridized carbons (Fsp3) is 0.143. The highest BCUT2D eigenvalue weighted by Crippen LogP contribution is 2.06. The lowest BCUT2D eigenvalue weighted by Crippen LogP contribution is -2.22. The maximum absolute atomic E-state index is 11.9. The molecule has 2 aromatic rings. The molecule has 1 aromatic carbocycles. The molecule has 0 radical (unpaired) electrons. The van der Waals surface area contributed by atoms with E-state index in [1.54, 1.807) is 36.0 Å². The van der Waals surface area contributed by atoms with Crippen LogP contribution in [0.4, 0.5) is 0 Å². The molecule has 0 aliphatic carbocycles. The number of carbonyl (C=O) groups is 1. The number of hydrogen-bond acceptors (Lipinski definition) is 4. The number of hydrogen-bond donors (Lipinski definition) is 2. The molecule has 0 spiro atoms. The summed E-state index contributed by atoms with van der Waals surface area (Å²) in [6, 6.07) is 6.93. The van der Waals surface area contributed by atoms with Crippen LogP contribution in [0.2, 0.25) is 0 Å². The minimum Gasteiger partial charge on any atom is -0.384 e. The second-order valence-electron chi connectivity index (χ2n) is 3.69. The van der Waals surface area contributed by atoms with Gasteiger partial charge < -0.3 is 10.4 Å². The van der Waals surface area contributed by atoms with E-state index in [0.717, 1.165) is 10.4 Å². The number of benzene rings is 1. The monoisotopic (exact) mass is 272 g/mol. The zero-order valence-electron chi connectivity index (χ0n) is 10.1. The van der Waals surface area contributed by atoms with Crippen molar-refractivity contribution in [2.45, 2.75) is 6.54 Å². The Kier molecular flexibility index (Phi) is 4.67. The van der Waals surface area contributed by atoms with E-state index in [1.807, 2.05) is 0 Å². The summed E-state index contributed by atoms with van der Waals surface area (Å²) in [4.78, 5) is 16.8. The van der Waals surface area contributed by atoms with Gasteiger partial charge in [0, 0.05) is 22.2 Å². The van der Waals surface area contributed by atoms with E-state index in [0.29, 0.717) is 12.1 Å². The predicted molar refractivity (Wildman–Crippen MR) is 73.7 cm³/mol. The number of amides is 1. The van der Waals surface area contributed by atoms with Crippen molar-refractivity contribution in [2.75, 3.05) is 6.61 Å². The van der Waals surface area contributed by atoms with Gasteiger partial charge in [0.1, 0.15) is 6.61 Å². The number of aliphatic hydroxyl groups is 1. The predicted octanol–water partition coefficient (Wildman–Crippen LogP) is 1.42. The fourth-order valence-corrected chi connectivity index (χ4v) is 1.98. The molecule has 0 aliphatic heterocycles. The normalized spacial score (nSPS) is 9.53. The topological polar surface area (TPSA) is 62.2 Å². The van der Waals surface area contributed by atoms with Crippen molar-refractivity contribution in [3.8, 4) is 11.8 Å². The number of aromatic nitrogens is 1. The molecule has 0 unspecified atom stereocenters. The van der Waals surface area contributed by atoms with Gasteiger partial charge in [0.05, 0.1) is 12.1 Å². The van der Waals surface area contributed by atoms with Crippen molar-refractivity contribution in [3.63, 3.8) is 0 Å². The third kappa shape index (κ3) is 3.91. The summed E-state index contributed by atoms with van der Waals surface area (Å²) in [5.41, 5.74) is 3.09. The van der Waals surface area contributed by atoms with E-state index < -0.39 is 0 Å². The first-order chi connectivity index (χ1) is 9.29. The van der Waals surface area contributed by atoms with Gasteiger partial charge in [-0.1, -0.05) is 11.8 Å². The molecule has 4 nitrogen and oxygen atoms in total. The lowest BCUT2D eigenvalue weighted by molar-refractivity contribution is 0.0951. The molecule has 0 bridgehead atoms. The summed E-state index contributed by atoms with van der Waals surface area (Å²) in [7, 11) is 0. The second kappa shape index (κ2) is 6.69. The summed E-state index contributed by atoms with van der Waals surface area (Å²) in [5.74, 6) is 5.20. The van der Waals surface area contributed by atoms with Crippen LogP contribution < -0.4 is 5.32 Å². The van der Waals surface area contributed by atoms with Crippen LogP contribution >= 0.6 is 11.3 Å². The van der Waals surface area contributed by atoms with Gasteiger partial charge in [-0.15, -0.1) is 11.3 Å². The van der Waals surface area contributed by atoms with E-state index in [4.69, 9.17) is 5.11 Å². The third-order valence-electron chi connectivity index (χ3n) is 2.37. The van der Waals surface area contributed by atoms with Crippen LogP contribution in [0.5, 0.6) is 0 Å². The Labute approximate surface area is 115 Å². The van der Waals surface area contributed by atoms with Crippen molar-refractivity contribution in [3.05, 3.63) is 52.0 Å². The van der Waals surface area contributed by atoms with E-state index in [2.05, 4.69) is 22.1 Å². The zero-order valence-corrected chi connectivity index (χ0v) is 10.9. The second-order valence-corrected chi connectivity index (χ2v) is 4.66. The Hall–Kier alpha value is -2.16. The molecule has 1 heterocycles. The standard InChI is InChI=1S/C14H12N2O2S/c17-7-1-2-11-3-5-12(6-4-11)14(18)16-9-13-8-15-10-19-13/h3-6,8,10,17H,7,9H2,(H,16,18). The molecular formula is C14H12N2O2S. The van der Waals surface area contributed by atoms with Gasteiger partial charge in [-0.25, -0.2) is 0 Å². The summed E-state index contributed by atoms with van der Waals surface area (Å²) in [5, 5.41) is 11.4. The molecule has 0 aliphatic rings. The van der Waals surface area contributed by atoms with E-state index in [-0.39, 0.29) is 12.5 Å². The van der Waals surface area contributed by atoms with Crippen LogP contribution in [0.3, 0.4) is 0 Å². The van der Waals surface area contributed by atoms with Crippen LogP contribution in [-0.4, -0.2) is 22.6 Å². The molecule has 19 heavy (non-hydrogen) atoms. The molecule has 96 valence electrons. The average molecular weight is 272 g/mol. The molecule has 0 saturated heterocycles. The summed E-state index contributed by atoms with van der Waals surface area (Å²) >= 11 is 1.50. The Balaban J connectivity index is 1.95. The van der Waals surface area contributed by atoms with Crippen LogP contribution in [0.25, 0.3) is 0 Å². The number of nitrogens with zero attached hydrogens (tertiary/aromatic N) is 1. The largest absolute Gasteiger partial charge is 0.384 e. The van der Waals surface area contributed by atoms with Crippen molar-refractivity contribution in [2.24, 2.45) is 0 Å². The highest BCUT2D eigenvalue weighted by molar-refractivity contribution is 7.09. The van der Waals surface area contributed by atoms with Crippen molar-refractivity contribution in [1.29, 1.82) is 0 Å². The van der Waals surface area contributed by atoms with Crippen LogP contribution in [0.1, 0.15) is 20.8 Å². The number of thiazole rings is 1. The van der Waals surface area contributed by atoms with E-state index in [9.17, 15) is 4.79 Å². The van der Waals surface area contributed by atoms with Crippen LogP contribution in [0.15, 0.2) is 36.0 Å². The van der Waals surface area contributed by atoms with Gasteiger partial charge in [-0.05, 0) is 24.3 Å². The Morgan fingerprint density at radius 1 is 1.37 bits per heavy atom. The summed E-state index contributed by atoms with van der Waals surface area (Å²) in [6.07, 6.45) is 1.73. The Bertz CT molecular complexity index is 595. The molecule has 0 fully saturated rings. The number of nitrogens with one attached hydrogen (secondary N) is 1. The van der Waals surface area contributed by atoms with Crippen LogP contribution in [-0.2, 0) is 6.54 Å². The Morgan fingerprint density at radius 2 is 2.16 bits per heavy atom. The maximum Gasteiger partial charge on any atom is 0.251 e. The molecule has 1 amide bonds. The first kappa shape index (κ1) is 13.3. The van der Waals surface area contributed by atoms with Gasteiger partial charge in [0.15, 0.2) is 0 Å². The number of carbonyl (C=O) groups excluding carboxylic acids is 1. The summed E-state index contributed by atoms with van der Waals surface area (Å²) < 4.78 is 0. The molecule has 2 N–H and O–H groups in total. The molecule has 2 rings (SSSR count). The molecule has 1 aromatic heterocycles. The third-order valence-corrected chi connectivity index (χ3v) is 3.15. The molecular weight excluding hydrogens is 260 g/mol. The minimum absolute atomic E-state index is 0.130. The highest BCUT2D eigenvalue weighted by atomic mass is 32.1.